The molecule has 31 heavy (non-hydrogen) atoms. The molecule has 0 saturated carbocycles. The molecular weight excluding hydrogens is 396 g/mol. The average Bonchev–Trinajstić information content (AvgIpc) is 2.82. The van der Waals surface area contributed by atoms with Gasteiger partial charge >= 0.3 is 0 Å². The number of amides is 1. The molecule has 0 spiro atoms. The van der Waals surface area contributed by atoms with Gasteiger partial charge in [-0.05, 0) is 44.9 Å². The minimum Gasteiger partial charge on any atom is -0.379 e. The Morgan fingerprint density at radius 3 is 2.94 bits per heavy atom. The maximum Gasteiger partial charge on any atom is 0.295 e. The van der Waals surface area contributed by atoms with Gasteiger partial charge in [0.2, 0.25) is 5.91 Å². The fraction of sp³-hybridized carbons (Fsp3) is 0.636. The van der Waals surface area contributed by atoms with Crippen LogP contribution in [0.25, 0.3) is 11.2 Å². The number of nitrogens with one attached hydrogen (secondary N) is 1. The predicted octanol–water partition coefficient (Wildman–Crippen LogP) is 0.866. The zero-order chi connectivity index (χ0) is 21.6. The van der Waals surface area contributed by atoms with Gasteiger partial charge in [0.1, 0.15) is 5.52 Å². The molecule has 4 rings (SSSR count). The monoisotopic (exact) mass is 428 g/mol. The zero-order valence-corrected chi connectivity index (χ0v) is 18.3. The molecule has 0 radical (unpaired) electrons. The Morgan fingerprint density at radius 1 is 1.29 bits per heavy atom. The van der Waals surface area contributed by atoms with Crippen LogP contribution in [-0.2, 0) is 16.1 Å². The van der Waals surface area contributed by atoms with Crippen LogP contribution in [0.3, 0.4) is 0 Å². The lowest BCUT2D eigenvalue weighted by atomic mass is 9.97. The smallest absolute Gasteiger partial charge is 0.295 e. The third-order valence-corrected chi connectivity index (χ3v) is 6.15. The molecule has 9 nitrogen and oxygen atoms in total. The third-order valence-electron chi connectivity index (χ3n) is 6.15. The number of pyridine rings is 1. The summed E-state index contributed by atoms with van der Waals surface area (Å²) in [6.07, 6.45) is 4.31. The highest BCUT2D eigenvalue weighted by Gasteiger charge is 2.28. The molecule has 1 atom stereocenters. The molecule has 2 aliphatic rings. The number of carbonyl (C=O) groups excluding carboxylic acids is 1. The average molecular weight is 429 g/mol. The van der Waals surface area contributed by atoms with Crippen molar-refractivity contribution in [3.05, 3.63) is 28.7 Å². The fourth-order valence-corrected chi connectivity index (χ4v) is 4.43. The molecule has 0 unspecified atom stereocenters. The number of piperidine rings is 1. The highest BCUT2D eigenvalue weighted by Crippen LogP contribution is 2.21. The maximum absolute atomic E-state index is 13.1. The van der Waals surface area contributed by atoms with E-state index < -0.39 is 0 Å². The number of morpholine rings is 1. The predicted molar refractivity (Wildman–Crippen MR) is 119 cm³/mol. The summed E-state index contributed by atoms with van der Waals surface area (Å²) < 4.78 is 7.03. The van der Waals surface area contributed by atoms with E-state index in [0.717, 1.165) is 58.7 Å². The van der Waals surface area contributed by atoms with Crippen LogP contribution in [0.2, 0.25) is 0 Å². The van der Waals surface area contributed by atoms with Crippen LogP contribution < -0.4 is 15.8 Å². The molecule has 2 saturated heterocycles. The molecule has 2 aromatic rings. The Morgan fingerprint density at radius 2 is 2.13 bits per heavy atom. The summed E-state index contributed by atoms with van der Waals surface area (Å²) in [6.45, 7) is 8.90. The second-order valence-electron chi connectivity index (χ2n) is 8.21. The molecule has 9 heteroatoms. The number of hydrogen-bond acceptors (Lipinski definition) is 7. The van der Waals surface area contributed by atoms with Gasteiger partial charge in [-0.25, -0.2) is 9.97 Å². The van der Waals surface area contributed by atoms with Gasteiger partial charge in [0.05, 0.1) is 19.1 Å². The van der Waals surface area contributed by atoms with E-state index in [1.54, 1.807) is 10.8 Å². The zero-order valence-electron chi connectivity index (χ0n) is 18.3. The second kappa shape index (κ2) is 10.2. The summed E-state index contributed by atoms with van der Waals surface area (Å²) in [4.78, 5) is 39.1. The molecule has 2 aliphatic heterocycles. The fourth-order valence-electron chi connectivity index (χ4n) is 4.43. The lowest BCUT2D eigenvalue weighted by molar-refractivity contribution is -0.125. The third kappa shape index (κ3) is 5.04. The molecule has 4 heterocycles. The van der Waals surface area contributed by atoms with Crippen molar-refractivity contribution in [2.45, 2.75) is 32.7 Å². The summed E-state index contributed by atoms with van der Waals surface area (Å²) in [7, 11) is 0. The van der Waals surface area contributed by atoms with Crippen LogP contribution in [0.5, 0.6) is 0 Å². The lowest BCUT2D eigenvalue weighted by Crippen LogP contribution is -2.46. The largest absolute Gasteiger partial charge is 0.379 e. The van der Waals surface area contributed by atoms with E-state index in [1.165, 1.54) is 0 Å². The van der Waals surface area contributed by atoms with Crippen molar-refractivity contribution in [2.75, 3.05) is 57.4 Å². The van der Waals surface area contributed by atoms with Gasteiger partial charge in [-0.2, -0.15) is 0 Å². The van der Waals surface area contributed by atoms with Crippen LogP contribution >= 0.6 is 0 Å². The molecule has 0 bridgehead atoms. The van der Waals surface area contributed by atoms with Gasteiger partial charge in [-0.15, -0.1) is 0 Å². The van der Waals surface area contributed by atoms with Crippen LogP contribution in [0.1, 0.15) is 26.2 Å². The van der Waals surface area contributed by atoms with Crippen molar-refractivity contribution in [2.24, 2.45) is 5.92 Å². The Hall–Kier alpha value is -2.52. The quantitative estimate of drug-likeness (QED) is 0.654. The first-order chi connectivity index (χ1) is 15.2. The van der Waals surface area contributed by atoms with E-state index in [2.05, 4.69) is 20.2 Å². The highest BCUT2D eigenvalue weighted by molar-refractivity contribution is 5.79. The Balaban J connectivity index is 1.37. The van der Waals surface area contributed by atoms with Gasteiger partial charge in [0.15, 0.2) is 11.5 Å². The summed E-state index contributed by atoms with van der Waals surface area (Å²) in [6, 6.07) is 3.70. The lowest BCUT2D eigenvalue weighted by Gasteiger charge is -2.32. The minimum atomic E-state index is -0.139. The van der Waals surface area contributed by atoms with Gasteiger partial charge in [0.25, 0.3) is 5.56 Å². The summed E-state index contributed by atoms with van der Waals surface area (Å²) in [5.41, 5.74) is 1.17. The van der Waals surface area contributed by atoms with Gasteiger partial charge in [0, 0.05) is 45.5 Å². The number of ether oxygens (including phenoxy) is 1. The molecule has 0 aliphatic carbocycles. The number of fused-ring (bicyclic) bond motifs is 1. The normalized spacial score (nSPS) is 20.2. The molecule has 168 valence electrons. The first-order valence-electron chi connectivity index (χ1n) is 11.4. The van der Waals surface area contributed by atoms with Crippen molar-refractivity contribution in [3.63, 3.8) is 0 Å². The second-order valence-corrected chi connectivity index (χ2v) is 8.21. The van der Waals surface area contributed by atoms with Crippen molar-refractivity contribution in [3.8, 4) is 0 Å². The maximum atomic E-state index is 13.1. The minimum absolute atomic E-state index is 0.0740. The summed E-state index contributed by atoms with van der Waals surface area (Å²) in [5, 5.41) is 3.09. The number of aromatic nitrogens is 3. The number of rotatable bonds is 7. The number of aryl methyl sites for hydroxylation is 1. The number of nitrogens with zero attached hydrogens (tertiary/aromatic N) is 5. The Kier molecular flexibility index (Phi) is 7.14. The number of hydrogen-bond donors (Lipinski definition) is 1. The molecule has 2 aromatic heterocycles. The van der Waals surface area contributed by atoms with E-state index in [1.807, 2.05) is 24.0 Å². The van der Waals surface area contributed by atoms with Crippen molar-refractivity contribution in [1.29, 1.82) is 0 Å². The topological polar surface area (TPSA) is 92.6 Å². The molecule has 1 amide bonds. The van der Waals surface area contributed by atoms with Gasteiger partial charge < -0.3 is 15.0 Å². The van der Waals surface area contributed by atoms with E-state index in [0.29, 0.717) is 36.6 Å². The van der Waals surface area contributed by atoms with E-state index in [9.17, 15) is 9.59 Å². The SMILES string of the molecule is CCn1c(=O)c(N2CCC[C@H](C(=O)NCCCN3CCOCC3)C2)nc2cccnc21. The molecule has 0 aromatic carbocycles. The standard InChI is InChI=1S/C22H32N6O3/c1-2-28-19-18(7-3-8-23-19)25-20(22(28)30)27-11-4-6-17(16-27)21(29)24-9-5-10-26-12-14-31-15-13-26/h3,7-8,17H,2,4-6,9-16H2,1H3,(H,24,29)/t17-/m0/s1. The Bertz CT molecular complexity index is 956. The first-order valence-corrected chi connectivity index (χ1v) is 11.4. The molecule has 1 N–H and O–H groups in total. The first kappa shape index (κ1) is 21.7. The molecular formula is C22H32N6O3. The van der Waals surface area contributed by atoms with E-state index in [4.69, 9.17) is 4.74 Å². The summed E-state index contributed by atoms with van der Waals surface area (Å²) in [5.74, 6) is 0.370. The number of carbonyl (C=O) groups is 1. The van der Waals surface area contributed by atoms with Crippen LogP contribution in [0, 0.1) is 5.92 Å². The van der Waals surface area contributed by atoms with Crippen LogP contribution in [0.4, 0.5) is 5.82 Å². The van der Waals surface area contributed by atoms with E-state index >= 15 is 0 Å². The van der Waals surface area contributed by atoms with Crippen molar-refractivity contribution < 1.29 is 9.53 Å². The summed E-state index contributed by atoms with van der Waals surface area (Å²) >= 11 is 0. The Labute approximate surface area is 182 Å². The van der Waals surface area contributed by atoms with Crippen molar-refractivity contribution in [1.82, 2.24) is 24.8 Å². The van der Waals surface area contributed by atoms with Crippen LogP contribution in [0.15, 0.2) is 23.1 Å². The van der Waals surface area contributed by atoms with Gasteiger partial charge in [-0.3, -0.25) is 19.1 Å². The molecule has 2 fully saturated rings. The van der Waals surface area contributed by atoms with Crippen LogP contribution in [-0.4, -0.2) is 77.8 Å². The highest BCUT2D eigenvalue weighted by atomic mass is 16.5. The van der Waals surface area contributed by atoms with Crippen molar-refractivity contribution >= 4 is 22.9 Å². The number of anilines is 1. The van der Waals surface area contributed by atoms with E-state index in [-0.39, 0.29) is 17.4 Å². The van der Waals surface area contributed by atoms with Gasteiger partial charge in [-0.1, -0.05) is 0 Å².